The van der Waals surface area contributed by atoms with E-state index in [2.05, 4.69) is 6.07 Å². The van der Waals surface area contributed by atoms with Crippen LogP contribution in [-0.4, -0.2) is 45.4 Å². The predicted molar refractivity (Wildman–Crippen MR) is 85.0 cm³/mol. The Morgan fingerprint density at radius 3 is 2.50 bits per heavy atom. The number of quaternary nitrogens is 1. The number of benzene rings is 1. The third kappa shape index (κ3) is 3.67. The van der Waals surface area contributed by atoms with E-state index in [-0.39, 0.29) is 5.92 Å². The van der Waals surface area contributed by atoms with Crippen molar-refractivity contribution in [3.05, 3.63) is 29.3 Å². The van der Waals surface area contributed by atoms with Gasteiger partial charge in [0, 0.05) is 0 Å². The van der Waals surface area contributed by atoms with E-state index in [9.17, 15) is 8.42 Å². The summed E-state index contributed by atoms with van der Waals surface area (Å²) in [5, 5.41) is 8.88. The Labute approximate surface area is 133 Å². The Morgan fingerprint density at radius 2 is 1.95 bits per heavy atom. The molecule has 1 N–H and O–H groups in total. The van der Waals surface area contributed by atoms with Crippen LogP contribution in [-0.2, 0) is 10.0 Å². The minimum atomic E-state index is -3.41. The second-order valence-corrected chi connectivity index (χ2v) is 8.06. The standard InChI is InChI=1S/C16H23N3O2S/c1-13-4-5-16(15(3)10-13)22(20,21)19-8-6-18(7-9-19)12-14(2)11-17/h4-5,10,14H,6-9,12H2,1-3H3/p+1/t14-/m0/s1. The maximum absolute atomic E-state index is 12.8. The average Bonchev–Trinajstić information content (AvgIpc) is 2.47. The molecule has 6 heteroatoms. The lowest BCUT2D eigenvalue weighted by atomic mass is 10.2. The van der Waals surface area contributed by atoms with Gasteiger partial charge in [-0.25, -0.2) is 8.42 Å². The summed E-state index contributed by atoms with van der Waals surface area (Å²) in [7, 11) is -3.41. The topological polar surface area (TPSA) is 65.6 Å². The van der Waals surface area contributed by atoms with Crippen molar-refractivity contribution in [2.24, 2.45) is 5.92 Å². The van der Waals surface area contributed by atoms with Gasteiger partial charge in [-0.1, -0.05) is 17.7 Å². The third-order valence-corrected chi connectivity index (χ3v) is 6.25. The number of nitrogens with one attached hydrogen (secondary N) is 1. The zero-order chi connectivity index (χ0) is 16.3. The molecule has 120 valence electrons. The molecule has 1 heterocycles. The minimum absolute atomic E-state index is 0.0116. The van der Waals surface area contributed by atoms with Crippen LogP contribution in [0.5, 0.6) is 0 Å². The van der Waals surface area contributed by atoms with Crippen LogP contribution in [0.2, 0.25) is 0 Å². The number of aryl methyl sites for hydroxylation is 2. The van der Waals surface area contributed by atoms with Gasteiger partial charge in [0.2, 0.25) is 10.0 Å². The highest BCUT2D eigenvalue weighted by molar-refractivity contribution is 7.89. The summed E-state index contributed by atoms with van der Waals surface area (Å²) >= 11 is 0. The Morgan fingerprint density at radius 1 is 1.32 bits per heavy atom. The first-order valence-corrected chi connectivity index (χ1v) is 9.09. The Kier molecular flexibility index (Phi) is 5.22. The fraction of sp³-hybridized carbons (Fsp3) is 0.562. The normalized spacial score (nSPS) is 18.8. The smallest absolute Gasteiger partial charge is 0.243 e. The number of sulfonamides is 1. The summed E-state index contributed by atoms with van der Waals surface area (Å²) < 4.78 is 27.1. The monoisotopic (exact) mass is 322 g/mol. The Balaban J connectivity index is 2.08. The van der Waals surface area contributed by atoms with E-state index in [1.165, 1.54) is 4.90 Å². The molecule has 1 saturated heterocycles. The molecule has 1 aliphatic heterocycles. The van der Waals surface area contributed by atoms with Crippen molar-refractivity contribution in [3.63, 3.8) is 0 Å². The van der Waals surface area contributed by atoms with E-state index in [1.54, 1.807) is 10.4 Å². The first-order chi connectivity index (χ1) is 10.3. The molecular weight excluding hydrogens is 298 g/mol. The number of nitrogens with zero attached hydrogens (tertiary/aromatic N) is 2. The second kappa shape index (κ2) is 6.78. The molecule has 0 aromatic heterocycles. The molecule has 0 aliphatic carbocycles. The first kappa shape index (κ1) is 16.9. The van der Waals surface area contributed by atoms with Crippen LogP contribution in [0.25, 0.3) is 0 Å². The number of piperazine rings is 1. The van der Waals surface area contributed by atoms with Crippen molar-refractivity contribution < 1.29 is 13.3 Å². The zero-order valence-electron chi connectivity index (χ0n) is 13.5. The highest BCUT2D eigenvalue weighted by atomic mass is 32.2. The lowest BCUT2D eigenvalue weighted by Crippen LogP contribution is -3.15. The second-order valence-electron chi connectivity index (χ2n) is 6.16. The van der Waals surface area contributed by atoms with Gasteiger partial charge in [-0.3, -0.25) is 0 Å². The van der Waals surface area contributed by atoms with Gasteiger partial charge in [0.1, 0.15) is 0 Å². The van der Waals surface area contributed by atoms with Gasteiger partial charge in [-0.15, -0.1) is 0 Å². The molecule has 5 nitrogen and oxygen atoms in total. The molecule has 0 amide bonds. The summed E-state index contributed by atoms with van der Waals surface area (Å²) in [5.74, 6) is 0.0116. The van der Waals surface area contributed by atoms with Gasteiger partial charge < -0.3 is 4.90 Å². The lowest BCUT2D eigenvalue weighted by molar-refractivity contribution is -0.905. The molecular formula is C16H24N3O2S+. The highest BCUT2D eigenvalue weighted by Gasteiger charge is 2.31. The van der Waals surface area contributed by atoms with Crippen LogP contribution in [0.4, 0.5) is 0 Å². The van der Waals surface area contributed by atoms with Crippen LogP contribution < -0.4 is 4.90 Å². The molecule has 1 aromatic carbocycles. The van der Waals surface area contributed by atoms with E-state index in [0.29, 0.717) is 18.0 Å². The van der Waals surface area contributed by atoms with Crippen molar-refractivity contribution in [3.8, 4) is 6.07 Å². The van der Waals surface area contributed by atoms with E-state index < -0.39 is 10.0 Å². The van der Waals surface area contributed by atoms with Crippen molar-refractivity contribution in [2.45, 2.75) is 25.7 Å². The predicted octanol–water partition coefficient (Wildman–Crippen LogP) is 0.352. The third-order valence-electron chi connectivity index (χ3n) is 4.19. The Bertz CT molecular complexity index is 671. The van der Waals surface area contributed by atoms with E-state index in [1.807, 2.05) is 32.9 Å². The molecule has 1 atom stereocenters. The SMILES string of the molecule is Cc1ccc(S(=O)(=O)N2CC[NH+](C[C@@H](C)C#N)CC2)c(C)c1. The van der Waals surface area contributed by atoms with Gasteiger partial charge in [0.15, 0.2) is 0 Å². The van der Waals surface area contributed by atoms with Gasteiger partial charge in [0.05, 0.1) is 49.6 Å². The number of hydrogen-bond donors (Lipinski definition) is 1. The molecule has 1 fully saturated rings. The minimum Gasteiger partial charge on any atom is -0.332 e. The summed E-state index contributed by atoms with van der Waals surface area (Å²) in [6.07, 6.45) is 0. The molecule has 0 radical (unpaired) electrons. The number of rotatable bonds is 4. The first-order valence-electron chi connectivity index (χ1n) is 7.65. The van der Waals surface area contributed by atoms with Gasteiger partial charge in [-0.05, 0) is 32.4 Å². The summed E-state index contributed by atoms with van der Waals surface area (Å²) in [4.78, 5) is 1.72. The molecule has 0 spiro atoms. The summed E-state index contributed by atoms with van der Waals surface area (Å²) in [5.41, 5.74) is 1.86. The average molecular weight is 322 g/mol. The van der Waals surface area contributed by atoms with Crippen LogP contribution in [0.15, 0.2) is 23.1 Å². The molecule has 0 unspecified atom stereocenters. The summed E-state index contributed by atoms with van der Waals surface area (Å²) in [6.45, 7) is 9.05. The Hall–Kier alpha value is -1.42. The van der Waals surface area contributed by atoms with Crippen molar-refractivity contribution in [1.29, 1.82) is 5.26 Å². The molecule has 2 rings (SSSR count). The highest BCUT2D eigenvalue weighted by Crippen LogP contribution is 2.20. The van der Waals surface area contributed by atoms with E-state index in [0.717, 1.165) is 30.8 Å². The van der Waals surface area contributed by atoms with Crippen molar-refractivity contribution in [2.75, 3.05) is 32.7 Å². The maximum Gasteiger partial charge on any atom is 0.243 e. The number of hydrogen-bond acceptors (Lipinski definition) is 3. The zero-order valence-corrected chi connectivity index (χ0v) is 14.3. The lowest BCUT2D eigenvalue weighted by Gasteiger charge is -2.32. The van der Waals surface area contributed by atoms with Crippen LogP contribution in [0.1, 0.15) is 18.1 Å². The maximum atomic E-state index is 12.8. The van der Waals surface area contributed by atoms with Crippen molar-refractivity contribution >= 4 is 10.0 Å². The van der Waals surface area contributed by atoms with Crippen LogP contribution in [0, 0.1) is 31.1 Å². The quantitative estimate of drug-likeness (QED) is 0.870. The van der Waals surface area contributed by atoms with Gasteiger partial charge >= 0.3 is 0 Å². The largest absolute Gasteiger partial charge is 0.332 e. The van der Waals surface area contributed by atoms with E-state index in [4.69, 9.17) is 5.26 Å². The summed E-state index contributed by atoms with van der Waals surface area (Å²) in [6, 6.07) is 7.69. The van der Waals surface area contributed by atoms with Crippen molar-refractivity contribution in [1.82, 2.24) is 4.31 Å². The molecule has 1 aliphatic rings. The molecule has 0 bridgehead atoms. The number of nitriles is 1. The van der Waals surface area contributed by atoms with Crippen LogP contribution in [0.3, 0.4) is 0 Å². The molecule has 0 saturated carbocycles. The van der Waals surface area contributed by atoms with E-state index >= 15 is 0 Å². The van der Waals surface area contributed by atoms with Gasteiger partial charge in [0.25, 0.3) is 0 Å². The molecule has 22 heavy (non-hydrogen) atoms. The molecule has 1 aromatic rings. The fourth-order valence-electron chi connectivity index (χ4n) is 2.95. The van der Waals surface area contributed by atoms with Gasteiger partial charge in [-0.2, -0.15) is 9.57 Å². The fourth-order valence-corrected chi connectivity index (χ4v) is 4.60. The van der Waals surface area contributed by atoms with Crippen LogP contribution >= 0.6 is 0 Å².